The predicted octanol–water partition coefficient (Wildman–Crippen LogP) is 4.22. The van der Waals surface area contributed by atoms with Gasteiger partial charge in [-0.25, -0.2) is 8.42 Å². The second kappa shape index (κ2) is 8.09. The normalized spacial score (nSPS) is 11.2. The summed E-state index contributed by atoms with van der Waals surface area (Å²) >= 11 is 1.15. The zero-order valence-corrected chi connectivity index (χ0v) is 17.3. The number of benzene rings is 2. The van der Waals surface area contributed by atoms with Crippen LogP contribution in [0.3, 0.4) is 0 Å². The average molecular weight is 441 g/mol. The smallest absolute Gasteiger partial charge is 0.271 e. The standard InChI is InChI=1S/C20H16N4O4S2/c1-13(25)21-16-8-6-15(7-9-16)20-22-19(23-28-20)14-4-10-17(11-5-14)24-30(26,27)18-3-2-12-29-18/h2-12,24H,1H3,(H,21,25). The van der Waals surface area contributed by atoms with E-state index in [0.29, 0.717) is 34.2 Å². The summed E-state index contributed by atoms with van der Waals surface area (Å²) in [4.78, 5) is 15.5. The molecule has 0 spiro atoms. The minimum Gasteiger partial charge on any atom is -0.334 e. The van der Waals surface area contributed by atoms with Gasteiger partial charge in [-0.2, -0.15) is 4.98 Å². The van der Waals surface area contributed by atoms with Gasteiger partial charge in [0.2, 0.25) is 11.7 Å². The molecule has 2 aromatic heterocycles. The SMILES string of the molecule is CC(=O)Nc1ccc(-c2nc(-c3ccc(NS(=O)(=O)c4cccs4)cc3)no2)cc1. The molecule has 0 bridgehead atoms. The van der Waals surface area contributed by atoms with E-state index in [4.69, 9.17) is 4.52 Å². The Morgan fingerprint density at radius 1 is 0.967 bits per heavy atom. The molecule has 0 fully saturated rings. The number of anilines is 2. The summed E-state index contributed by atoms with van der Waals surface area (Å²) in [5.41, 5.74) is 2.50. The summed E-state index contributed by atoms with van der Waals surface area (Å²) in [5, 5.41) is 8.38. The van der Waals surface area contributed by atoms with Crippen molar-refractivity contribution in [1.29, 1.82) is 0 Å². The van der Waals surface area contributed by atoms with Crippen molar-refractivity contribution in [2.45, 2.75) is 11.1 Å². The molecule has 0 atom stereocenters. The van der Waals surface area contributed by atoms with E-state index in [2.05, 4.69) is 20.2 Å². The fraction of sp³-hybridized carbons (Fsp3) is 0.0500. The van der Waals surface area contributed by atoms with Crippen molar-refractivity contribution in [3.05, 3.63) is 66.0 Å². The zero-order valence-electron chi connectivity index (χ0n) is 15.7. The van der Waals surface area contributed by atoms with Gasteiger partial charge in [-0.05, 0) is 60.0 Å². The van der Waals surface area contributed by atoms with Gasteiger partial charge in [0.15, 0.2) is 0 Å². The van der Waals surface area contributed by atoms with Crippen LogP contribution in [-0.2, 0) is 14.8 Å². The first-order chi connectivity index (χ1) is 14.4. The minimum atomic E-state index is -3.60. The first-order valence-electron chi connectivity index (χ1n) is 8.79. The maximum atomic E-state index is 12.3. The summed E-state index contributed by atoms with van der Waals surface area (Å²) < 4.78 is 32.7. The third-order valence-corrected chi connectivity index (χ3v) is 6.81. The van der Waals surface area contributed by atoms with Gasteiger partial charge in [-0.1, -0.05) is 11.2 Å². The molecule has 4 rings (SSSR count). The number of amides is 1. The Morgan fingerprint density at radius 2 is 1.63 bits per heavy atom. The molecule has 0 aliphatic heterocycles. The van der Waals surface area contributed by atoms with Gasteiger partial charge in [0.05, 0.1) is 0 Å². The Balaban J connectivity index is 1.49. The molecule has 0 saturated heterocycles. The second-order valence-electron chi connectivity index (χ2n) is 6.30. The lowest BCUT2D eigenvalue weighted by Gasteiger charge is -2.06. The quantitative estimate of drug-likeness (QED) is 0.464. The van der Waals surface area contributed by atoms with E-state index in [9.17, 15) is 13.2 Å². The van der Waals surface area contributed by atoms with Crippen LogP contribution in [0.1, 0.15) is 6.92 Å². The number of nitrogens with one attached hydrogen (secondary N) is 2. The molecule has 8 nitrogen and oxygen atoms in total. The van der Waals surface area contributed by atoms with Crippen molar-refractivity contribution in [2.75, 3.05) is 10.0 Å². The van der Waals surface area contributed by atoms with Crippen molar-refractivity contribution >= 4 is 38.6 Å². The lowest BCUT2D eigenvalue weighted by atomic mass is 10.2. The van der Waals surface area contributed by atoms with Crippen LogP contribution in [0.5, 0.6) is 0 Å². The average Bonchev–Trinajstić information content (AvgIpc) is 3.41. The molecule has 0 radical (unpaired) electrons. The Labute approximate surface area is 176 Å². The number of rotatable bonds is 6. The van der Waals surface area contributed by atoms with Crippen molar-refractivity contribution in [3.8, 4) is 22.8 Å². The van der Waals surface area contributed by atoms with E-state index in [0.717, 1.165) is 11.3 Å². The number of hydrogen-bond acceptors (Lipinski definition) is 7. The van der Waals surface area contributed by atoms with E-state index >= 15 is 0 Å². The van der Waals surface area contributed by atoms with Crippen molar-refractivity contribution in [2.24, 2.45) is 0 Å². The Kier molecular flexibility index (Phi) is 5.34. The first-order valence-corrected chi connectivity index (χ1v) is 11.2. The van der Waals surface area contributed by atoms with Crippen LogP contribution in [0.25, 0.3) is 22.8 Å². The monoisotopic (exact) mass is 440 g/mol. The van der Waals surface area contributed by atoms with Gasteiger partial charge in [-0.3, -0.25) is 9.52 Å². The van der Waals surface area contributed by atoms with E-state index in [1.165, 1.54) is 6.92 Å². The van der Waals surface area contributed by atoms with Crippen molar-refractivity contribution < 1.29 is 17.7 Å². The number of thiophene rings is 1. The fourth-order valence-electron chi connectivity index (χ4n) is 2.67. The molecule has 0 saturated carbocycles. The number of aromatic nitrogens is 2. The molecule has 0 aliphatic carbocycles. The van der Waals surface area contributed by atoms with Crippen molar-refractivity contribution in [1.82, 2.24) is 10.1 Å². The summed E-state index contributed by atoms with van der Waals surface area (Å²) in [6, 6.07) is 17.0. The zero-order chi connectivity index (χ0) is 21.1. The molecule has 1 amide bonds. The van der Waals surface area contributed by atoms with Crippen LogP contribution in [-0.4, -0.2) is 24.5 Å². The Hall–Kier alpha value is -3.50. The van der Waals surface area contributed by atoms with Crippen LogP contribution in [0.4, 0.5) is 11.4 Å². The molecule has 2 aromatic carbocycles. The molecular formula is C20H16N4O4S2. The number of carbonyl (C=O) groups is 1. The summed E-state index contributed by atoms with van der Waals surface area (Å²) in [6.07, 6.45) is 0. The largest absolute Gasteiger partial charge is 0.334 e. The molecule has 0 unspecified atom stereocenters. The predicted molar refractivity (Wildman–Crippen MR) is 115 cm³/mol. The third-order valence-electron chi connectivity index (χ3n) is 4.03. The maximum absolute atomic E-state index is 12.3. The molecule has 10 heteroatoms. The highest BCUT2D eigenvalue weighted by Crippen LogP contribution is 2.26. The van der Waals surface area contributed by atoms with Gasteiger partial charge in [0.1, 0.15) is 4.21 Å². The molecule has 152 valence electrons. The lowest BCUT2D eigenvalue weighted by molar-refractivity contribution is -0.114. The minimum absolute atomic E-state index is 0.149. The molecule has 2 N–H and O–H groups in total. The highest BCUT2D eigenvalue weighted by Gasteiger charge is 2.16. The molecule has 30 heavy (non-hydrogen) atoms. The van der Waals surface area contributed by atoms with E-state index in [-0.39, 0.29) is 10.1 Å². The highest BCUT2D eigenvalue weighted by molar-refractivity contribution is 7.94. The molecule has 4 aromatic rings. The summed E-state index contributed by atoms with van der Waals surface area (Å²) in [5.74, 6) is 0.564. The number of hydrogen-bond donors (Lipinski definition) is 2. The molecular weight excluding hydrogens is 424 g/mol. The topological polar surface area (TPSA) is 114 Å². The molecule has 0 aliphatic rings. The number of carbonyl (C=O) groups excluding carboxylic acids is 1. The summed E-state index contributed by atoms with van der Waals surface area (Å²) in [6.45, 7) is 1.44. The van der Waals surface area contributed by atoms with Crippen LogP contribution in [0, 0.1) is 0 Å². The van der Waals surface area contributed by atoms with E-state index in [1.807, 2.05) is 0 Å². The number of sulfonamides is 1. The van der Waals surface area contributed by atoms with Gasteiger partial charge in [0, 0.05) is 29.4 Å². The van der Waals surface area contributed by atoms with Crippen LogP contribution < -0.4 is 10.0 Å². The fourth-order valence-corrected chi connectivity index (χ4v) is 4.72. The van der Waals surface area contributed by atoms with Crippen LogP contribution in [0.2, 0.25) is 0 Å². The van der Waals surface area contributed by atoms with Crippen molar-refractivity contribution in [3.63, 3.8) is 0 Å². The van der Waals surface area contributed by atoms with Crippen LogP contribution in [0.15, 0.2) is 74.8 Å². The first kappa shape index (κ1) is 19.8. The van der Waals surface area contributed by atoms with Gasteiger partial charge < -0.3 is 9.84 Å². The van der Waals surface area contributed by atoms with Crippen LogP contribution >= 0.6 is 11.3 Å². The van der Waals surface area contributed by atoms with Gasteiger partial charge >= 0.3 is 0 Å². The van der Waals surface area contributed by atoms with E-state index < -0.39 is 10.0 Å². The number of nitrogens with zero attached hydrogens (tertiary/aromatic N) is 2. The second-order valence-corrected chi connectivity index (χ2v) is 9.15. The maximum Gasteiger partial charge on any atom is 0.271 e. The summed E-state index contributed by atoms with van der Waals surface area (Å²) in [7, 11) is -3.60. The molecule has 2 heterocycles. The Morgan fingerprint density at radius 3 is 2.27 bits per heavy atom. The third kappa shape index (κ3) is 4.39. The van der Waals surface area contributed by atoms with E-state index in [1.54, 1.807) is 66.0 Å². The van der Waals surface area contributed by atoms with Gasteiger partial charge in [-0.15, -0.1) is 11.3 Å². The highest BCUT2D eigenvalue weighted by atomic mass is 32.2. The Bertz CT molecular complexity index is 1260. The lowest BCUT2D eigenvalue weighted by Crippen LogP contribution is -2.11. The van der Waals surface area contributed by atoms with Gasteiger partial charge in [0.25, 0.3) is 15.9 Å².